The normalized spacial score (nSPS) is 10.1. The second kappa shape index (κ2) is 7.01. The van der Waals surface area contributed by atoms with E-state index >= 15 is 0 Å². The lowest BCUT2D eigenvalue weighted by atomic mass is 10.1. The Kier molecular flexibility index (Phi) is 5.87. The molecule has 0 aromatic heterocycles. The number of ether oxygens (including phenoxy) is 1. The molecule has 0 saturated heterocycles. The van der Waals surface area contributed by atoms with Crippen LogP contribution in [0.25, 0.3) is 6.08 Å². The minimum atomic E-state index is 0.816. The van der Waals surface area contributed by atoms with E-state index in [1.807, 2.05) is 6.08 Å². The van der Waals surface area contributed by atoms with E-state index in [0.717, 1.165) is 24.1 Å². The third kappa shape index (κ3) is 4.24. The SMILES string of the molecule is C=Cc1ccc(CCOCCI)cc1. The monoisotopic (exact) mass is 302 g/mol. The Morgan fingerprint density at radius 3 is 2.50 bits per heavy atom. The molecule has 1 aromatic rings. The quantitative estimate of drug-likeness (QED) is 0.445. The van der Waals surface area contributed by atoms with Crippen molar-refractivity contribution in [2.45, 2.75) is 6.42 Å². The summed E-state index contributed by atoms with van der Waals surface area (Å²) in [6.45, 7) is 5.39. The molecule has 2 heteroatoms. The first-order valence-electron chi connectivity index (χ1n) is 4.72. The largest absolute Gasteiger partial charge is 0.380 e. The molecule has 0 heterocycles. The van der Waals surface area contributed by atoms with Crippen molar-refractivity contribution in [2.75, 3.05) is 17.6 Å². The van der Waals surface area contributed by atoms with E-state index in [2.05, 4.69) is 53.4 Å². The Morgan fingerprint density at radius 1 is 1.21 bits per heavy atom. The molecule has 0 N–H and O–H groups in total. The zero-order valence-corrected chi connectivity index (χ0v) is 10.4. The predicted molar refractivity (Wildman–Crippen MR) is 69.9 cm³/mol. The predicted octanol–water partition coefficient (Wildman–Crippen LogP) is 3.32. The number of rotatable bonds is 6. The Labute approximate surface area is 99.3 Å². The number of halogens is 1. The van der Waals surface area contributed by atoms with Gasteiger partial charge in [0.05, 0.1) is 13.2 Å². The average molecular weight is 302 g/mol. The van der Waals surface area contributed by atoms with Crippen molar-refractivity contribution in [2.24, 2.45) is 0 Å². The van der Waals surface area contributed by atoms with Gasteiger partial charge in [-0.25, -0.2) is 0 Å². The van der Waals surface area contributed by atoms with Crippen LogP contribution in [0.4, 0.5) is 0 Å². The molecule has 0 amide bonds. The summed E-state index contributed by atoms with van der Waals surface area (Å²) in [5.41, 5.74) is 2.49. The van der Waals surface area contributed by atoms with Gasteiger partial charge in [-0.3, -0.25) is 0 Å². The van der Waals surface area contributed by atoms with Crippen molar-refractivity contribution in [1.82, 2.24) is 0 Å². The molecular weight excluding hydrogens is 287 g/mol. The van der Waals surface area contributed by atoms with Crippen LogP contribution in [0.1, 0.15) is 11.1 Å². The van der Waals surface area contributed by atoms with Gasteiger partial charge in [-0.15, -0.1) is 0 Å². The number of benzene rings is 1. The molecule has 0 aliphatic carbocycles. The highest BCUT2D eigenvalue weighted by atomic mass is 127. The zero-order chi connectivity index (χ0) is 10.2. The molecule has 76 valence electrons. The minimum absolute atomic E-state index is 0.816. The van der Waals surface area contributed by atoms with Crippen LogP contribution in [-0.2, 0) is 11.2 Å². The average Bonchev–Trinajstić information content (AvgIpc) is 2.25. The third-order valence-corrected chi connectivity index (χ3v) is 2.41. The van der Waals surface area contributed by atoms with Crippen LogP contribution in [0.15, 0.2) is 30.8 Å². The van der Waals surface area contributed by atoms with Gasteiger partial charge in [-0.1, -0.05) is 59.5 Å². The first-order chi connectivity index (χ1) is 6.86. The van der Waals surface area contributed by atoms with Gasteiger partial charge in [-0.2, -0.15) is 0 Å². The van der Waals surface area contributed by atoms with E-state index in [-0.39, 0.29) is 0 Å². The van der Waals surface area contributed by atoms with Crippen molar-refractivity contribution in [3.05, 3.63) is 42.0 Å². The highest BCUT2D eigenvalue weighted by Gasteiger charge is 1.93. The summed E-state index contributed by atoms with van der Waals surface area (Å²) in [6.07, 6.45) is 2.85. The third-order valence-electron chi connectivity index (χ3n) is 1.97. The lowest BCUT2D eigenvalue weighted by Gasteiger charge is -2.02. The Hall–Kier alpha value is -0.350. The van der Waals surface area contributed by atoms with E-state index in [9.17, 15) is 0 Å². The standard InChI is InChI=1S/C12H15IO/c1-2-11-3-5-12(6-4-11)7-9-14-10-8-13/h2-6H,1,7-10H2. The molecule has 0 spiro atoms. The summed E-state index contributed by atoms with van der Waals surface area (Å²) in [5.74, 6) is 0. The molecule has 0 radical (unpaired) electrons. The summed E-state index contributed by atoms with van der Waals surface area (Å²) < 4.78 is 6.48. The number of hydrogen-bond donors (Lipinski definition) is 0. The smallest absolute Gasteiger partial charge is 0.0555 e. The molecule has 0 aliphatic rings. The van der Waals surface area contributed by atoms with Crippen molar-refractivity contribution in [1.29, 1.82) is 0 Å². The number of alkyl halides is 1. The van der Waals surface area contributed by atoms with Crippen LogP contribution in [-0.4, -0.2) is 17.6 Å². The maximum atomic E-state index is 5.42. The summed E-state index contributed by atoms with van der Waals surface area (Å²) >= 11 is 2.32. The summed E-state index contributed by atoms with van der Waals surface area (Å²) in [5, 5.41) is 0. The summed E-state index contributed by atoms with van der Waals surface area (Å²) in [6, 6.07) is 8.43. The Balaban J connectivity index is 2.32. The summed E-state index contributed by atoms with van der Waals surface area (Å²) in [7, 11) is 0. The van der Waals surface area contributed by atoms with Gasteiger partial charge in [0.2, 0.25) is 0 Å². The van der Waals surface area contributed by atoms with Crippen LogP contribution in [0.2, 0.25) is 0 Å². The minimum Gasteiger partial charge on any atom is -0.380 e. The molecule has 0 saturated carbocycles. The van der Waals surface area contributed by atoms with Gasteiger partial charge in [-0.05, 0) is 17.5 Å². The maximum Gasteiger partial charge on any atom is 0.0555 e. The van der Waals surface area contributed by atoms with E-state index in [1.54, 1.807) is 0 Å². The van der Waals surface area contributed by atoms with Crippen LogP contribution < -0.4 is 0 Å². The van der Waals surface area contributed by atoms with Gasteiger partial charge in [0.25, 0.3) is 0 Å². The van der Waals surface area contributed by atoms with Crippen molar-refractivity contribution in [3.8, 4) is 0 Å². The number of hydrogen-bond acceptors (Lipinski definition) is 1. The highest BCUT2D eigenvalue weighted by molar-refractivity contribution is 14.1. The molecule has 0 aliphatic heterocycles. The zero-order valence-electron chi connectivity index (χ0n) is 8.21. The second-order valence-electron chi connectivity index (χ2n) is 3.00. The molecular formula is C12H15IO. The lowest BCUT2D eigenvalue weighted by molar-refractivity contribution is 0.155. The van der Waals surface area contributed by atoms with E-state index in [4.69, 9.17) is 4.74 Å². The molecule has 0 atom stereocenters. The van der Waals surface area contributed by atoms with Crippen molar-refractivity contribution < 1.29 is 4.74 Å². The van der Waals surface area contributed by atoms with Crippen LogP contribution >= 0.6 is 22.6 Å². The van der Waals surface area contributed by atoms with Gasteiger partial charge < -0.3 is 4.74 Å². The van der Waals surface area contributed by atoms with Crippen LogP contribution in [0.5, 0.6) is 0 Å². The van der Waals surface area contributed by atoms with Gasteiger partial charge >= 0.3 is 0 Å². The molecule has 1 rings (SSSR count). The van der Waals surface area contributed by atoms with Crippen molar-refractivity contribution in [3.63, 3.8) is 0 Å². The maximum absolute atomic E-state index is 5.42. The first-order valence-corrected chi connectivity index (χ1v) is 6.24. The summed E-state index contributed by atoms with van der Waals surface area (Å²) in [4.78, 5) is 0. The topological polar surface area (TPSA) is 9.23 Å². The van der Waals surface area contributed by atoms with Crippen LogP contribution in [0, 0.1) is 0 Å². The molecule has 14 heavy (non-hydrogen) atoms. The molecule has 1 aromatic carbocycles. The van der Waals surface area contributed by atoms with Gasteiger partial charge in [0.15, 0.2) is 0 Å². The fourth-order valence-electron chi connectivity index (χ4n) is 1.17. The Morgan fingerprint density at radius 2 is 1.93 bits per heavy atom. The lowest BCUT2D eigenvalue weighted by Crippen LogP contribution is -2.00. The van der Waals surface area contributed by atoms with Crippen LogP contribution in [0.3, 0.4) is 0 Å². The van der Waals surface area contributed by atoms with E-state index in [0.29, 0.717) is 0 Å². The Bertz CT molecular complexity index is 266. The molecule has 1 nitrogen and oxygen atoms in total. The fourth-order valence-corrected chi connectivity index (χ4v) is 1.48. The molecule has 0 fully saturated rings. The molecule has 0 bridgehead atoms. The van der Waals surface area contributed by atoms with Gasteiger partial charge in [0.1, 0.15) is 0 Å². The van der Waals surface area contributed by atoms with E-state index in [1.165, 1.54) is 11.1 Å². The van der Waals surface area contributed by atoms with Gasteiger partial charge in [0, 0.05) is 4.43 Å². The van der Waals surface area contributed by atoms with Crippen molar-refractivity contribution >= 4 is 28.7 Å². The first kappa shape index (κ1) is 11.7. The van der Waals surface area contributed by atoms with E-state index < -0.39 is 0 Å². The second-order valence-corrected chi connectivity index (χ2v) is 4.08. The highest BCUT2D eigenvalue weighted by Crippen LogP contribution is 2.06. The molecule has 0 unspecified atom stereocenters. The fraction of sp³-hybridized carbons (Fsp3) is 0.333.